The summed E-state index contributed by atoms with van der Waals surface area (Å²) >= 11 is 0. The van der Waals surface area contributed by atoms with Crippen molar-refractivity contribution in [2.24, 2.45) is 4.99 Å². The van der Waals surface area contributed by atoms with Crippen molar-refractivity contribution >= 4 is 17.9 Å². The summed E-state index contributed by atoms with van der Waals surface area (Å²) < 4.78 is 55.6. The highest BCUT2D eigenvalue weighted by Crippen LogP contribution is 2.36. The first kappa shape index (κ1) is 21.9. The molecule has 0 spiro atoms. The van der Waals surface area contributed by atoms with Gasteiger partial charge in [-0.1, -0.05) is 0 Å². The number of nitrogens with zero attached hydrogens (tertiary/aromatic N) is 1. The number of carbonyl (C=O) groups is 1. The number of hydrogen-bond acceptors (Lipinski definition) is 8. The van der Waals surface area contributed by atoms with E-state index in [2.05, 4.69) is 9.73 Å². The molecule has 0 bridgehead atoms. The maximum Gasteiger partial charge on any atom is 0.387 e. The van der Waals surface area contributed by atoms with Gasteiger partial charge in [-0.2, -0.15) is 8.78 Å². The third kappa shape index (κ3) is 4.68. The van der Waals surface area contributed by atoms with E-state index in [1.807, 2.05) is 0 Å². The van der Waals surface area contributed by atoms with Gasteiger partial charge in [-0.05, 0) is 30.3 Å². The van der Waals surface area contributed by atoms with Gasteiger partial charge < -0.3 is 28.4 Å². The fourth-order valence-electron chi connectivity index (χ4n) is 2.84. The van der Waals surface area contributed by atoms with Crippen LogP contribution in [0.2, 0.25) is 0 Å². The van der Waals surface area contributed by atoms with Crippen LogP contribution in [0.15, 0.2) is 41.0 Å². The molecular formula is C21H19F2NO7. The maximum absolute atomic E-state index is 12.5. The number of halogens is 2. The molecule has 10 heteroatoms. The van der Waals surface area contributed by atoms with E-state index in [1.165, 1.54) is 52.7 Å². The maximum atomic E-state index is 12.5. The summed E-state index contributed by atoms with van der Waals surface area (Å²) in [6.45, 7) is -3.01. The number of esters is 1. The predicted octanol–water partition coefficient (Wildman–Crippen LogP) is 3.67. The third-order valence-electron chi connectivity index (χ3n) is 4.28. The molecule has 0 N–H and O–H groups in total. The number of cyclic esters (lactones) is 1. The van der Waals surface area contributed by atoms with E-state index in [1.54, 1.807) is 12.1 Å². The Kier molecular flexibility index (Phi) is 6.58. The minimum absolute atomic E-state index is 0.00685. The fraction of sp³-hybridized carbons (Fsp3) is 0.238. The first-order valence-corrected chi connectivity index (χ1v) is 8.86. The Labute approximate surface area is 176 Å². The van der Waals surface area contributed by atoms with Crippen molar-refractivity contribution in [1.29, 1.82) is 0 Å². The zero-order valence-corrected chi connectivity index (χ0v) is 17.1. The van der Waals surface area contributed by atoms with Gasteiger partial charge in [0.25, 0.3) is 0 Å². The quantitative estimate of drug-likeness (QED) is 0.462. The number of methoxy groups -OCH3 is 4. The van der Waals surface area contributed by atoms with Crippen molar-refractivity contribution in [3.05, 3.63) is 47.2 Å². The van der Waals surface area contributed by atoms with E-state index in [4.69, 9.17) is 23.7 Å². The number of aliphatic imine (C=N–C) groups is 1. The van der Waals surface area contributed by atoms with Gasteiger partial charge in [0, 0.05) is 17.2 Å². The molecule has 0 unspecified atom stereocenters. The second kappa shape index (κ2) is 9.33. The zero-order chi connectivity index (χ0) is 22.5. The molecule has 2 aromatic rings. The van der Waals surface area contributed by atoms with Gasteiger partial charge in [-0.25, -0.2) is 9.79 Å². The number of hydrogen-bond donors (Lipinski definition) is 0. The largest absolute Gasteiger partial charge is 0.496 e. The van der Waals surface area contributed by atoms with Gasteiger partial charge in [0.2, 0.25) is 5.90 Å². The Bertz CT molecular complexity index is 1050. The van der Waals surface area contributed by atoms with E-state index < -0.39 is 12.6 Å². The summed E-state index contributed by atoms with van der Waals surface area (Å²) in [6, 6.07) is 7.32. The van der Waals surface area contributed by atoms with Crippen molar-refractivity contribution in [3.8, 4) is 28.7 Å². The normalized spacial score (nSPS) is 14.4. The van der Waals surface area contributed by atoms with Crippen molar-refractivity contribution in [2.45, 2.75) is 6.61 Å². The van der Waals surface area contributed by atoms with E-state index in [9.17, 15) is 13.6 Å². The molecule has 0 aliphatic carbocycles. The van der Waals surface area contributed by atoms with E-state index >= 15 is 0 Å². The molecule has 2 aromatic carbocycles. The highest BCUT2D eigenvalue weighted by Gasteiger charge is 2.26. The van der Waals surface area contributed by atoms with Crippen LogP contribution in [-0.2, 0) is 9.53 Å². The molecule has 1 aliphatic rings. The first-order valence-electron chi connectivity index (χ1n) is 8.86. The van der Waals surface area contributed by atoms with Crippen LogP contribution in [0.1, 0.15) is 11.1 Å². The van der Waals surface area contributed by atoms with Crippen molar-refractivity contribution in [3.63, 3.8) is 0 Å². The van der Waals surface area contributed by atoms with Crippen LogP contribution in [0.4, 0.5) is 8.78 Å². The second-order valence-electron chi connectivity index (χ2n) is 6.03. The van der Waals surface area contributed by atoms with Crippen molar-refractivity contribution in [1.82, 2.24) is 0 Å². The lowest BCUT2D eigenvalue weighted by Gasteiger charge is -2.12. The zero-order valence-electron chi connectivity index (χ0n) is 17.1. The van der Waals surface area contributed by atoms with Crippen molar-refractivity contribution in [2.75, 3.05) is 28.4 Å². The van der Waals surface area contributed by atoms with Crippen LogP contribution in [0, 0.1) is 0 Å². The molecule has 0 radical (unpaired) electrons. The summed E-state index contributed by atoms with van der Waals surface area (Å²) in [6.07, 6.45) is 1.47. The van der Waals surface area contributed by atoms with Crippen LogP contribution >= 0.6 is 0 Å². The third-order valence-corrected chi connectivity index (χ3v) is 4.28. The minimum atomic E-state index is -3.01. The summed E-state index contributed by atoms with van der Waals surface area (Å²) in [5, 5.41) is 0. The van der Waals surface area contributed by atoms with Gasteiger partial charge >= 0.3 is 12.6 Å². The lowest BCUT2D eigenvalue weighted by atomic mass is 10.1. The van der Waals surface area contributed by atoms with Crippen molar-refractivity contribution < 1.29 is 42.0 Å². The average Bonchev–Trinajstić information content (AvgIpc) is 3.13. The van der Waals surface area contributed by atoms with E-state index in [-0.39, 0.29) is 23.1 Å². The van der Waals surface area contributed by atoms with Gasteiger partial charge in [0.15, 0.2) is 28.7 Å². The molecule has 1 heterocycles. The van der Waals surface area contributed by atoms with E-state index in [0.717, 1.165) is 0 Å². The summed E-state index contributed by atoms with van der Waals surface area (Å²) in [5.74, 6) is 0.489. The SMILES string of the molecule is COc1cc(OC)c(OC)cc1C=C1N=C(c2ccc(OC(F)F)c(OC)c2)OC1=O. The summed E-state index contributed by atoms with van der Waals surface area (Å²) in [4.78, 5) is 16.6. The lowest BCUT2D eigenvalue weighted by Crippen LogP contribution is -2.07. The number of alkyl halides is 2. The second-order valence-corrected chi connectivity index (χ2v) is 6.03. The molecule has 0 atom stereocenters. The standard InChI is InChI=1S/C21H19F2NO7/c1-26-15-10-18(29-4)17(28-3)9-12(15)7-13-20(25)31-19(24-13)11-5-6-14(30-21(22)23)16(8-11)27-2/h5-10,21H,1-4H3. The Morgan fingerprint density at radius 2 is 1.48 bits per heavy atom. The predicted molar refractivity (Wildman–Crippen MR) is 106 cm³/mol. The first-order chi connectivity index (χ1) is 14.9. The molecule has 0 fully saturated rings. The highest BCUT2D eigenvalue weighted by atomic mass is 19.3. The molecular weight excluding hydrogens is 416 g/mol. The topological polar surface area (TPSA) is 84.8 Å². The Morgan fingerprint density at radius 1 is 0.871 bits per heavy atom. The molecule has 0 aromatic heterocycles. The van der Waals surface area contributed by atoms with Crippen LogP contribution in [-0.4, -0.2) is 46.9 Å². The van der Waals surface area contributed by atoms with Gasteiger partial charge in [0.1, 0.15) is 5.75 Å². The Hall–Kier alpha value is -3.82. The molecule has 8 nitrogen and oxygen atoms in total. The number of rotatable bonds is 8. The van der Waals surface area contributed by atoms with E-state index in [0.29, 0.717) is 28.4 Å². The number of ether oxygens (including phenoxy) is 6. The molecule has 0 saturated heterocycles. The highest BCUT2D eigenvalue weighted by molar-refractivity contribution is 6.13. The Balaban J connectivity index is 1.98. The van der Waals surface area contributed by atoms with Gasteiger partial charge in [0.05, 0.1) is 28.4 Å². The van der Waals surface area contributed by atoms with Crippen LogP contribution in [0.25, 0.3) is 6.08 Å². The summed E-state index contributed by atoms with van der Waals surface area (Å²) in [7, 11) is 5.75. The van der Waals surface area contributed by atoms with Gasteiger partial charge in [-0.15, -0.1) is 0 Å². The number of benzene rings is 2. The Morgan fingerprint density at radius 3 is 2.10 bits per heavy atom. The monoisotopic (exact) mass is 435 g/mol. The smallest absolute Gasteiger partial charge is 0.387 e. The van der Waals surface area contributed by atoms with Gasteiger partial charge in [-0.3, -0.25) is 0 Å². The van der Waals surface area contributed by atoms with Crippen LogP contribution < -0.4 is 23.7 Å². The molecule has 0 amide bonds. The molecule has 3 rings (SSSR count). The summed E-state index contributed by atoms with van der Waals surface area (Å²) in [5.41, 5.74) is 0.859. The average molecular weight is 435 g/mol. The fourth-order valence-corrected chi connectivity index (χ4v) is 2.84. The minimum Gasteiger partial charge on any atom is -0.496 e. The van der Waals surface area contributed by atoms with Crippen LogP contribution in [0.5, 0.6) is 28.7 Å². The molecule has 1 aliphatic heterocycles. The molecule has 0 saturated carbocycles. The molecule has 164 valence electrons. The number of carbonyl (C=O) groups excluding carboxylic acids is 1. The molecule has 31 heavy (non-hydrogen) atoms. The lowest BCUT2D eigenvalue weighted by molar-refractivity contribution is -0.129. The van der Waals surface area contributed by atoms with Crippen LogP contribution in [0.3, 0.4) is 0 Å².